The molecule has 2 aromatic carbocycles. The van der Waals surface area contributed by atoms with Gasteiger partial charge in [0.1, 0.15) is 0 Å². The van der Waals surface area contributed by atoms with Gasteiger partial charge in [-0.3, -0.25) is 0 Å². The lowest BCUT2D eigenvalue weighted by molar-refractivity contribution is 0.322. The largest absolute Gasteiger partial charge is 0.491 e. The Morgan fingerprint density at radius 2 is 1.90 bits per heavy atom. The first-order valence-corrected chi connectivity index (χ1v) is 6.57. The summed E-state index contributed by atoms with van der Waals surface area (Å²) in [5.74, 6) is -0.246. The van der Waals surface area contributed by atoms with Crippen LogP contribution in [0.2, 0.25) is 0 Å². The fourth-order valence-electron chi connectivity index (χ4n) is 2.04. The number of anilines is 3. The van der Waals surface area contributed by atoms with E-state index >= 15 is 0 Å². The maximum atomic E-state index is 13.7. The van der Waals surface area contributed by atoms with Crippen molar-refractivity contribution >= 4 is 17.1 Å². The molecule has 0 spiro atoms. The van der Waals surface area contributed by atoms with Crippen LogP contribution in [0, 0.1) is 19.7 Å². The Morgan fingerprint density at radius 1 is 1.15 bits per heavy atom. The van der Waals surface area contributed by atoms with Crippen molar-refractivity contribution in [2.24, 2.45) is 0 Å². The topological polar surface area (TPSA) is 47.3 Å². The Labute approximate surface area is 118 Å². The summed E-state index contributed by atoms with van der Waals surface area (Å²) in [4.78, 5) is 0. The number of rotatable bonds is 4. The smallest absolute Gasteiger partial charge is 0.167 e. The molecule has 4 heteroatoms. The first-order chi connectivity index (χ1) is 9.51. The monoisotopic (exact) mass is 274 g/mol. The van der Waals surface area contributed by atoms with E-state index in [-0.39, 0.29) is 5.75 Å². The minimum Gasteiger partial charge on any atom is -0.491 e. The normalized spacial score (nSPS) is 10.4. The predicted octanol–water partition coefficient (Wildman–Crippen LogP) is 4.17. The number of hydrogen-bond acceptors (Lipinski definition) is 3. The van der Waals surface area contributed by atoms with E-state index in [0.717, 1.165) is 11.3 Å². The number of ether oxygens (including phenoxy) is 1. The summed E-state index contributed by atoms with van der Waals surface area (Å²) in [6.07, 6.45) is 0. The summed E-state index contributed by atoms with van der Waals surface area (Å²) in [6, 6.07) is 8.93. The zero-order valence-corrected chi connectivity index (χ0v) is 12.0. The van der Waals surface area contributed by atoms with Crippen LogP contribution in [0.25, 0.3) is 0 Å². The Kier molecular flexibility index (Phi) is 4.13. The molecular weight excluding hydrogens is 255 g/mol. The van der Waals surface area contributed by atoms with Gasteiger partial charge in [-0.15, -0.1) is 0 Å². The zero-order valence-electron chi connectivity index (χ0n) is 12.0. The van der Waals surface area contributed by atoms with Crippen LogP contribution in [0.5, 0.6) is 5.75 Å². The third-order valence-electron chi connectivity index (χ3n) is 3.06. The van der Waals surface area contributed by atoms with Gasteiger partial charge in [0.2, 0.25) is 0 Å². The van der Waals surface area contributed by atoms with E-state index < -0.39 is 5.82 Å². The molecule has 0 heterocycles. The van der Waals surface area contributed by atoms with Crippen LogP contribution in [0.3, 0.4) is 0 Å². The van der Waals surface area contributed by atoms with E-state index in [0.29, 0.717) is 18.0 Å². The van der Waals surface area contributed by atoms with Gasteiger partial charge >= 0.3 is 0 Å². The lowest BCUT2D eigenvalue weighted by Crippen LogP contribution is -2.02. The van der Waals surface area contributed by atoms with Crippen LogP contribution < -0.4 is 15.8 Å². The van der Waals surface area contributed by atoms with E-state index in [1.807, 2.05) is 32.9 Å². The molecule has 0 aliphatic rings. The number of nitrogen functional groups attached to an aromatic ring is 1. The molecule has 3 N–H and O–H groups in total. The van der Waals surface area contributed by atoms with Crippen LogP contribution in [-0.2, 0) is 0 Å². The zero-order chi connectivity index (χ0) is 14.7. The third kappa shape index (κ3) is 3.02. The van der Waals surface area contributed by atoms with Crippen LogP contribution >= 0.6 is 0 Å². The van der Waals surface area contributed by atoms with E-state index in [4.69, 9.17) is 10.5 Å². The average molecular weight is 274 g/mol. The molecule has 0 atom stereocenters. The molecule has 0 aliphatic carbocycles. The molecule has 0 unspecified atom stereocenters. The van der Waals surface area contributed by atoms with Crippen LogP contribution in [0.4, 0.5) is 21.5 Å². The van der Waals surface area contributed by atoms with Crippen molar-refractivity contribution in [2.45, 2.75) is 20.8 Å². The molecule has 106 valence electrons. The third-order valence-corrected chi connectivity index (χ3v) is 3.06. The number of hydrogen-bond donors (Lipinski definition) is 2. The second-order valence-corrected chi connectivity index (χ2v) is 4.75. The van der Waals surface area contributed by atoms with Gasteiger partial charge in [0.05, 0.1) is 18.0 Å². The van der Waals surface area contributed by atoms with Crippen LogP contribution in [0.1, 0.15) is 18.1 Å². The highest BCUT2D eigenvalue weighted by Gasteiger charge is 2.10. The molecule has 2 aromatic rings. The number of nitrogens with one attached hydrogen (secondary N) is 1. The molecular formula is C16H19FN2O. The summed E-state index contributed by atoms with van der Waals surface area (Å²) in [5.41, 5.74) is 10.1. The van der Waals surface area contributed by atoms with Crippen LogP contribution in [0.15, 0.2) is 30.3 Å². The SMILES string of the molecule is CCOc1cc(Nc2ccc(C)cc2C)c(N)cc1F. The maximum absolute atomic E-state index is 13.7. The molecule has 0 amide bonds. The van der Waals surface area contributed by atoms with Crippen LogP contribution in [-0.4, -0.2) is 6.61 Å². The molecule has 0 fully saturated rings. The second-order valence-electron chi connectivity index (χ2n) is 4.75. The Balaban J connectivity index is 2.35. The number of halogens is 1. The number of benzene rings is 2. The van der Waals surface area contributed by atoms with Crippen molar-refractivity contribution < 1.29 is 9.13 Å². The maximum Gasteiger partial charge on any atom is 0.167 e. The van der Waals surface area contributed by atoms with Crippen molar-refractivity contribution in [3.63, 3.8) is 0 Å². The molecule has 0 saturated carbocycles. The van der Waals surface area contributed by atoms with Gasteiger partial charge < -0.3 is 15.8 Å². The molecule has 0 radical (unpaired) electrons. The molecule has 0 bridgehead atoms. The van der Waals surface area contributed by atoms with Crippen molar-refractivity contribution in [2.75, 3.05) is 17.7 Å². The summed E-state index contributed by atoms with van der Waals surface area (Å²) in [5, 5.41) is 3.22. The second kappa shape index (κ2) is 5.82. The molecule has 3 nitrogen and oxygen atoms in total. The van der Waals surface area contributed by atoms with Crippen molar-refractivity contribution in [1.82, 2.24) is 0 Å². The summed E-state index contributed by atoms with van der Waals surface area (Å²) < 4.78 is 18.9. The fraction of sp³-hybridized carbons (Fsp3) is 0.250. The molecule has 0 aliphatic heterocycles. The van der Waals surface area contributed by atoms with Gasteiger partial charge in [0, 0.05) is 17.8 Å². The summed E-state index contributed by atoms with van der Waals surface area (Å²) >= 11 is 0. The van der Waals surface area contributed by atoms with Gasteiger partial charge in [-0.05, 0) is 32.4 Å². The highest BCUT2D eigenvalue weighted by atomic mass is 19.1. The minimum atomic E-state index is -0.449. The molecule has 0 saturated heterocycles. The standard InChI is InChI=1S/C16H19FN2O/c1-4-20-16-9-15(13(18)8-12(16)17)19-14-6-5-10(2)7-11(14)3/h5-9,19H,4,18H2,1-3H3. The highest BCUT2D eigenvalue weighted by Crippen LogP contribution is 2.31. The number of nitrogens with two attached hydrogens (primary N) is 1. The first-order valence-electron chi connectivity index (χ1n) is 6.57. The lowest BCUT2D eigenvalue weighted by Gasteiger charge is -2.14. The van der Waals surface area contributed by atoms with E-state index in [1.165, 1.54) is 11.6 Å². The quantitative estimate of drug-likeness (QED) is 0.823. The summed E-state index contributed by atoms with van der Waals surface area (Å²) in [6.45, 7) is 6.27. The van der Waals surface area contributed by atoms with Crippen molar-refractivity contribution in [3.05, 3.63) is 47.3 Å². The Hall–Kier alpha value is -2.23. The molecule has 20 heavy (non-hydrogen) atoms. The van der Waals surface area contributed by atoms with Gasteiger partial charge in [-0.25, -0.2) is 4.39 Å². The average Bonchev–Trinajstić information content (AvgIpc) is 2.38. The predicted molar refractivity (Wildman–Crippen MR) is 81.2 cm³/mol. The Bertz CT molecular complexity index is 626. The molecule has 2 rings (SSSR count). The van der Waals surface area contributed by atoms with Gasteiger partial charge in [0.25, 0.3) is 0 Å². The molecule has 0 aromatic heterocycles. The minimum absolute atomic E-state index is 0.203. The number of aryl methyl sites for hydroxylation is 2. The Morgan fingerprint density at radius 3 is 2.55 bits per heavy atom. The van der Waals surface area contributed by atoms with E-state index in [9.17, 15) is 4.39 Å². The van der Waals surface area contributed by atoms with Crippen molar-refractivity contribution in [3.8, 4) is 5.75 Å². The highest BCUT2D eigenvalue weighted by molar-refractivity contribution is 5.75. The summed E-state index contributed by atoms with van der Waals surface area (Å²) in [7, 11) is 0. The fourth-order valence-corrected chi connectivity index (χ4v) is 2.04. The van der Waals surface area contributed by atoms with Gasteiger partial charge in [-0.1, -0.05) is 17.7 Å². The van der Waals surface area contributed by atoms with Gasteiger partial charge in [0.15, 0.2) is 11.6 Å². The first kappa shape index (κ1) is 14.2. The van der Waals surface area contributed by atoms with E-state index in [1.54, 1.807) is 6.07 Å². The lowest BCUT2D eigenvalue weighted by atomic mass is 10.1. The van der Waals surface area contributed by atoms with Crippen molar-refractivity contribution in [1.29, 1.82) is 0 Å². The van der Waals surface area contributed by atoms with E-state index in [2.05, 4.69) is 11.4 Å². The van der Waals surface area contributed by atoms with Gasteiger partial charge in [-0.2, -0.15) is 0 Å².